The SMILES string of the molecule is CCOC(=O)c1nn2c(-c3cn[nH]c3)cc(Cl)nc2c1C(C)C. The van der Waals surface area contributed by atoms with Gasteiger partial charge in [-0.25, -0.2) is 14.3 Å². The van der Waals surface area contributed by atoms with E-state index >= 15 is 0 Å². The van der Waals surface area contributed by atoms with Crippen LogP contribution in [0.4, 0.5) is 0 Å². The van der Waals surface area contributed by atoms with Gasteiger partial charge in [-0.15, -0.1) is 0 Å². The second-order valence-corrected chi connectivity index (χ2v) is 5.71. The molecule has 0 unspecified atom stereocenters. The number of nitrogens with zero attached hydrogens (tertiary/aromatic N) is 4. The molecule has 0 atom stereocenters. The Balaban J connectivity index is 2.32. The van der Waals surface area contributed by atoms with Crippen molar-refractivity contribution in [3.8, 4) is 11.3 Å². The van der Waals surface area contributed by atoms with Crippen LogP contribution in [0, 0.1) is 0 Å². The van der Waals surface area contributed by atoms with Gasteiger partial charge in [0.15, 0.2) is 11.3 Å². The molecule has 0 amide bonds. The van der Waals surface area contributed by atoms with E-state index in [1.165, 1.54) is 0 Å². The van der Waals surface area contributed by atoms with Gasteiger partial charge in [0.25, 0.3) is 0 Å². The summed E-state index contributed by atoms with van der Waals surface area (Å²) in [5, 5.41) is 11.4. The van der Waals surface area contributed by atoms with E-state index in [1.807, 2.05) is 13.8 Å². The highest BCUT2D eigenvalue weighted by Crippen LogP contribution is 2.29. The van der Waals surface area contributed by atoms with Gasteiger partial charge in [0, 0.05) is 23.4 Å². The number of carbonyl (C=O) groups is 1. The Kier molecular flexibility index (Phi) is 4.04. The monoisotopic (exact) mass is 333 g/mol. The maximum absolute atomic E-state index is 12.2. The zero-order valence-electron chi connectivity index (χ0n) is 13.0. The summed E-state index contributed by atoms with van der Waals surface area (Å²) in [6.07, 6.45) is 3.39. The number of hydrogen-bond acceptors (Lipinski definition) is 5. The van der Waals surface area contributed by atoms with Crippen LogP contribution < -0.4 is 0 Å². The third kappa shape index (κ3) is 2.68. The molecule has 0 saturated carbocycles. The van der Waals surface area contributed by atoms with Gasteiger partial charge in [-0.1, -0.05) is 25.4 Å². The van der Waals surface area contributed by atoms with Crippen molar-refractivity contribution in [1.82, 2.24) is 24.8 Å². The summed E-state index contributed by atoms with van der Waals surface area (Å²) in [6, 6.07) is 1.69. The van der Waals surface area contributed by atoms with Crippen molar-refractivity contribution in [1.29, 1.82) is 0 Å². The summed E-state index contributed by atoms with van der Waals surface area (Å²) >= 11 is 6.17. The molecule has 7 nitrogen and oxygen atoms in total. The number of fused-ring (bicyclic) bond motifs is 1. The maximum atomic E-state index is 12.2. The molecule has 0 radical (unpaired) electrons. The van der Waals surface area contributed by atoms with Crippen molar-refractivity contribution in [2.45, 2.75) is 26.7 Å². The van der Waals surface area contributed by atoms with Gasteiger partial charge >= 0.3 is 5.97 Å². The lowest BCUT2D eigenvalue weighted by Crippen LogP contribution is -2.09. The highest BCUT2D eigenvalue weighted by Gasteiger charge is 2.25. The number of H-pyrrole nitrogens is 1. The highest BCUT2D eigenvalue weighted by molar-refractivity contribution is 6.29. The lowest BCUT2D eigenvalue weighted by atomic mass is 10.0. The second kappa shape index (κ2) is 6.00. The number of nitrogens with one attached hydrogen (secondary N) is 1. The van der Waals surface area contributed by atoms with E-state index in [9.17, 15) is 4.79 Å². The first kappa shape index (κ1) is 15.5. The van der Waals surface area contributed by atoms with Gasteiger partial charge in [0.1, 0.15) is 5.15 Å². The minimum Gasteiger partial charge on any atom is -0.461 e. The number of esters is 1. The standard InChI is InChI=1S/C15H16ClN5O2/c1-4-23-15(22)13-12(8(2)3)14-19-11(16)5-10(21(14)20-13)9-6-17-18-7-9/h5-8H,4H2,1-3H3,(H,17,18). The van der Waals surface area contributed by atoms with Gasteiger partial charge in [-0.2, -0.15) is 10.2 Å². The van der Waals surface area contributed by atoms with E-state index in [2.05, 4.69) is 20.3 Å². The Hall–Kier alpha value is -2.41. The Morgan fingerprint density at radius 2 is 2.26 bits per heavy atom. The summed E-state index contributed by atoms with van der Waals surface area (Å²) < 4.78 is 6.72. The van der Waals surface area contributed by atoms with Gasteiger partial charge in [-0.3, -0.25) is 5.10 Å². The first-order valence-corrected chi connectivity index (χ1v) is 7.66. The third-order valence-electron chi connectivity index (χ3n) is 3.43. The van der Waals surface area contributed by atoms with Crippen molar-refractivity contribution in [2.24, 2.45) is 0 Å². The molecule has 0 aliphatic carbocycles. The summed E-state index contributed by atoms with van der Waals surface area (Å²) in [6.45, 7) is 5.99. The largest absolute Gasteiger partial charge is 0.461 e. The van der Waals surface area contributed by atoms with Crippen LogP contribution in [-0.2, 0) is 4.74 Å². The van der Waals surface area contributed by atoms with Gasteiger partial charge in [0.05, 0.1) is 18.5 Å². The number of aromatic amines is 1. The molecule has 0 saturated heterocycles. The van der Waals surface area contributed by atoms with Gasteiger partial charge < -0.3 is 4.74 Å². The van der Waals surface area contributed by atoms with Crippen molar-refractivity contribution < 1.29 is 9.53 Å². The molecule has 0 aliphatic rings. The Bertz CT molecular complexity index is 855. The lowest BCUT2D eigenvalue weighted by molar-refractivity contribution is 0.0517. The fraction of sp³-hybridized carbons (Fsp3) is 0.333. The van der Waals surface area contributed by atoms with Gasteiger partial charge in [0.2, 0.25) is 0 Å². The highest BCUT2D eigenvalue weighted by atomic mass is 35.5. The van der Waals surface area contributed by atoms with Crippen LogP contribution in [0.2, 0.25) is 5.15 Å². The zero-order chi connectivity index (χ0) is 16.6. The average molecular weight is 334 g/mol. The van der Waals surface area contributed by atoms with Gasteiger partial charge in [-0.05, 0) is 12.8 Å². The van der Waals surface area contributed by atoms with E-state index < -0.39 is 5.97 Å². The fourth-order valence-corrected chi connectivity index (χ4v) is 2.67. The molecule has 3 heterocycles. The van der Waals surface area contributed by atoms with Crippen LogP contribution in [0.1, 0.15) is 42.7 Å². The molecule has 120 valence electrons. The molecule has 8 heteroatoms. The minimum atomic E-state index is -0.462. The van der Waals surface area contributed by atoms with Crippen molar-refractivity contribution >= 4 is 23.2 Å². The van der Waals surface area contributed by atoms with Crippen molar-refractivity contribution in [2.75, 3.05) is 6.61 Å². The van der Waals surface area contributed by atoms with E-state index in [0.29, 0.717) is 16.5 Å². The number of ether oxygens (including phenoxy) is 1. The number of aromatic nitrogens is 5. The third-order valence-corrected chi connectivity index (χ3v) is 3.63. The molecular weight excluding hydrogens is 318 g/mol. The molecule has 23 heavy (non-hydrogen) atoms. The van der Waals surface area contributed by atoms with Crippen LogP contribution in [0.15, 0.2) is 18.5 Å². The molecule has 0 bridgehead atoms. The molecule has 0 aliphatic heterocycles. The summed E-state index contributed by atoms with van der Waals surface area (Å²) in [7, 11) is 0. The predicted octanol–water partition coefficient (Wildman–Crippen LogP) is 3.07. The van der Waals surface area contributed by atoms with Crippen LogP contribution in [-0.4, -0.2) is 37.4 Å². The average Bonchev–Trinajstić information content (AvgIpc) is 3.13. The summed E-state index contributed by atoms with van der Waals surface area (Å²) in [5.74, 6) is -0.425. The lowest BCUT2D eigenvalue weighted by Gasteiger charge is -2.06. The van der Waals surface area contributed by atoms with Crippen LogP contribution >= 0.6 is 11.6 Å². The first-order valence-electron chi connectivity index (χ1n) is 7.28. The summed E-state index contributed by atoms with van der Waals surface area (Å²) in [5.41, 5.74) is 3.03. The number of carbonyl (C=O) groups excluding carboxylic acids is 1. The molecule has 3 rings (SSSR count). The van der Waals surface area contributed by atoms with E-state index in [1.54, 1.807) is 29.9 Å². The zero-order valence-corrected chi connectivity index (χ0v) is 13.8. The number of hydrogen-bond donors (Lipinski definition) is 1. The van der Waals surface area contributed by atoms with E-state index in [4.69, 9.17) is 16.3 Å². The van der Waals surface area contributed by atoms with Crippen LogP contribution in [0.25, 0.3) is 16.9 Å². The topological polar surface area (TPSA) is 85.2 Å². The van der Waals surface area contributed by atoms with Crippen LogP contribution in [0.5, 0.6) is 0 Å². The van der Waals surface area contributed by atoms with E-state index in [0.717, 1.165) is 11.1 Å². The van der Waals surface area contributed by atoms with Crippen LogP contribution in [0.3, 0.4) is 0 Å². The first-order chi connectivity index (χ1) is 11.0. The van der Waals surface area contributed by atoms with Crippen molar-refractivity contribution in [3.63, 3.8) is 0 Å². The molecule has 3 aromatic rings. The molecule has 0 spiro atoms. The second-order valence-electron chi connectivity index (χ2n) is 5.32. The number of rotatable bonds is 4. The molecular formula is C15H16ClN5O2. The van der Waals surface area contributed by atoms with Crippen molar-refractivity contribution in [3.05, 3.63) is 34.9 Å². The quantitative estimate of drug-likeness (QED) is 0.586. The predicted molar refractivity (Wildman–Crippen MR) is 85.6 cm³/mol. The minimum absolute atomic E-state index is 0.0371. The smallest absolute Gasteiger partial charge is 0.359 e. The normalized spacial score (nSPS) is 11.3. The Morgan fingerprint density at radius 3 is 2.87 bits per heavy atom. The fourth-order valence-electron chi connectivity index (χ4n) is 2.48. The molecule has 3 aromatic heterocycles. The molecule has 1 N–H and O–H groups in total. The Labute approximate surface area is 137 Å². The Morgan fingerprint density at radius 1 is 1.48 bits per heavy atom. The number of halogens is 1. The maximum Gasteiger partial charge on any atom is 0.359 e. The summed E-state index contributed by atoms with van der Waals surface area (Å²) in [4.78, 5) is 16.6. The van der Waals surface area contributed by atoms with E-state index in [-0.39, 0.29) is 18.2 Å². The molecule has 0 aromatic carbocycles. The molecule has 0 fully saturated rings.